The van der Waals surface area contributed by atoms with Crippen molar-refractivity contribution in [2.75, 3.05) is 0 Å². The van der Waals surface area contributed by atoms with Gasteiger partial charge in [0.2, 0.25) is 0 Å². The Morgan fingerprint density at radius 1 is 0.783 bits per heavy atom. The second-order valence-corrected chi connectivity index (χ2v) is 8.00. The fourth-order valence-corrected chi connectivity index (χ4v) is 2.26. The molecular weight excluding hydrogens is 284 g/mol. The van der Waals surface area contributed by atoms with Crippen molar-refractivity contribution < 1.29 is 9.53 Å². The molecule has 23 heavy (non-hydrogen) atoms. The van der Waals surface area contributed by atoms with Gasteiger partial charge >= 0.3 is 5.97 Å². The van der Waals surface area contributed by atoms with E-state index in [0.717, 1.165) is 0 Å². The first-order valence-corrected chi connectivity index (χ1v) is 8.01. The molecular formula is C21H26O2. The number of hydrogen-bond acceptors (Lipinski definition) is 2. The van der Waals surface area contributed by atoms with Crippen LogP contribution in [0.15, 0.2) is 48.5 Å². The van der Waals surface area contributed by atoms with E-state index in [-0.39, 0.29) is 16.8 Å². The van der Waals surface area contributed by atoms with E-state index in [1.54, 1.807) is 12.1 Å². The van der Waals surface area contributed by atoms with Crippen molar-refractivity contribution >= 4 is 5.97 Å². The third-order valence-corrected chi connectivity index (χ3v) is 3.86. The monoisotopic (exact) mass is 310 g/mol. The maximum atomic E-state index is 12.3. The van der Waals surface area contributed by atoms with Gasteiger partial charge in [-0.05, 0) is 46.2 Å². The average molecular weight is 310 g/mol. The quantitative estimate of drug-likeness (QED) is 0.540. The van der Waals surface area contributed by atoms with E-state index >= 15 is 0 Å². The van der Waals surface area contributed by atoms with Gasteiger partial charge in [0.05, 0.1) is 5.56 Å². The third kappa shape index (κ3) is 4.44. The van der Waals surface area contributed by atoms with Gasteiger partial charge in [-0.3, -0.25) is 0 Å². The molecule has 0 aromatic heterocycles. The first kappa shape index (κ1) is 17.3. The normalized spacial score (nSPS) is 12.1. The van der Waals surface area contributed by atoms with Crippen LogP contribution >= 0.6 is 0 Å². The minimum absolute atomic E-state index is 0.00480. The van der Waals surface area contributed by atoms with Crippen LogP contribution in [0.25, 0.3) is 0 Å². The molecule has 0 heterocycles. The summed E-state index contributed by atoms with van der Waals surface area (Å²) in [6.07, 6.45) is 0. The molecule has 2 heteroatoms. The molecule has 0 radical (unpaired) electrons. The van der Waals surface area contributed by atoms with Gasteiger partial charge in [-0.1, -0.05) is 65.8 Å². The number of carbonyl (C=O) groups excluding carboxylic acids is 1. The summed E-state index contributed by atoms with van der Waals surface area (Å²) in [5.41, 5.74) is 2.89. The molecule has 0 saturated heterocycles. The van der Waals surface area contributed by atoms with Gasteiger partial charge in [-0.15, -0.1) is 0 Å². The molecule has 0 aliphatic rings. The molecule has 0 N–H and O–H groups in total. The summed E-state index contributed by atoms with van der Waals surface area (Å²) in [4.78, 5) is 12.3. The molecule has 0 aliphatic carbocycles. The maximum Gasteiger partial charge on any atom is 0.343 e. The van der Waals surface area contributed by atoms with E-state index in [1.165, 1.54) is 11.1 Å². The highest BCUT2D eigenvalue weighted by atomic mass is 16.5. The minimum atomic E-state index is -0.323. The highest BCUT2D eigenvalue weighted by molar-refractivity contribution is 5.91. The van der Waals surface area contributed by atoms with Crippen molar-refractivity contribution in [3.05, 3.63) is 65.2 Å². The zero-order chi connectivity index (χ0) is 17.3. The Morgan fingerprint density at radius 2 is 1.26 bits per heavy atom. The summed E-state index contributed by atoms with van der Waals surface area (Å²) in [7, 11) is 0. The van der Waals surface area contributed by atoms with Crippen LogP contribution in [0.3, 0.4) is 0 Å². The Balaban J connectivity index is 2.40. The lowest BCUT2D eigenvalue weighted by atomic mass is 9.80. The molecule has 0 fully saturated rings. The van der Waals surface area contributed by atoms with Gasteiger partial charge in [0.25, 0.3) is 0 Å². The second kappa shape index (κ2) is 6.19. The van der Waals surface area contributed by atoms with Crippen molar-refractivity contribution in [2.24, 2.45) is 0 Å². The Hall–Kier alpha value is -2.09. The van der Waals surface area contributed by atoms with Crippen LogP contribution < -0.4 is 4.74 Å². The number of carbonyl (C=O) groups is 1. The average Bonchev–Trinajstić information content (AvgIpc) is 2.46. The predicted molar refractivity (Wildman–Crippen MR) is 95.2 cm³/mol. The minimum Gasteiger partial charge on any atom is -0.423 e. The summed E-state index contributed by atoms with van der Waals surface area (Å²) in [6, 6.07) is 15.2. The fraction of sp³-hybridized carbons (Fsp3) is 0.381. The van der Waals surface area contributed by atoms with Crippen LogP contribution in [0.1, 0.15) is 63.0 Å². The van der Waals surface area contributed by atoms with Crippen LogP contribution in [-0.4, -0.2) is 5.97 Å². The highest BCUT2D eigenvalue weighted by Gasteiger charge is 2.21. The largest absolute Gasteiger partial charge is 0.423 e. The number of ether oxygens (including phenoxy) is 1. The van der Waals surface area contributed by atoms with Crippen LogP contribution in [0.5, 0.6) is 5.75 Å². The first-order chi connectivity index (χ1) is 10.6. The number of benzene rings is 2. The van der Waals surface area contributed by atoms with E-state index in [9.17, 15) is 4.79 Å². The summed E-state index contributed by atoms with van der Waals surface area (Å²) in [5.74, 6) is 0.285. The number of rotatable bonds is 2. The Labute approximate surface area is 139 Å². The molecule has 2 rings (SSSR count). The van der Waals surface area contributed by atoms with Gasteiger partial charge in [0.15, 0.2) is 0 Å². The standard InChI is InChI=1S/C21H26O2/c1-20(2,3)16-12-17(21(4,5)6)14-18(13-16)23-19(22)15-10-8-7-9-11-15/h7-14H,1-6H3. The molecule has 0 spiro atoms. The summed E-state index contributed by atoms with van der Waals surface area (Å²) in [5, 5.41) is 0. The van der Waals surface area contributed by atoms with Gasteiger partial charge < -0.3 is 4.74 Å². The smallest absolute Gasteiger partial charge is 0.343 e. The van der Waals surface area contributed by atoms with Crippen molar-refractivity contribution in [3.63, 3.8) is 0 Å². The predicted octanol–water partition coefficient (Wildman–Crippen LogP) is 5.50. The van der Waals surface area contributed by atoms with Gasteiger partial charge in [-0.25, -0.2) is 4.79 Å². The van der Waals surface area contributed by atoms with Crippen molar-refractivity contribution in [1.29, 1.82) is 0 Å². The molecule has 0 amide bonds. The van der Waals surface area contributed by atoms with Gasteiger partial charge in [0, 0.05) is 0 Å². The van der Waals surface area contributed by atoms with Crippen LogP contribution in [-0.2, 0) is 10.8 Å². The fourth-order valence-electron chi connectivity index (χ4n) is 2.26. The highest BCUT2D eigenvalue weighted by Crippen LogP contribution is 2.33. The zero-order valence-corrected chi connectivity index (χ0v) is 14.9. The topological polar surface area (TPSA) is 26.3 Å². The summed E-state index contributed by atoms with van der Waals surface area (Å²) in [6.45, 7) is 13.0. The zero-order valence-electron chi connectivity index (χ0n) is 14.9. The van der Waals surface area contributed by atoms with E-state index in [2.05, 4.69) is 47.6 Å². The van der Waals surface area contributed by atoms with E-state index in [1.807, 2.05) is 30.3 Å². The Morgan fingerprint density at radius 3 is 1.70 bits per heavy atom. The molecule has 122 valence electrons. The lowest BCUT2D eigenvalue weighted by molar-refractivity contribution is 0.0734. The first-order valence-electron chi connectivity index (χ1n) is 8.01. The van der Waals surface area contributed by atoms with E-state index in [0.29, 0.717) is 11.3 Å². The van der Waals surface area contributed by atoms with Crippen molar-refractivity contribution in [3.8, 4) is 5.75 Å². The SMILES string of the molecule is CC(C)(C)c1cc(OC(=O)c2ccccc2)cc(C(C)(C)C)c1. The van der Waals surface area contributed by atoms with Crippen molar-refractivity contribution in [2.45, 2.75) is 52.4 Å². The molecule has 2 aromatic carbocycles. The Bertz CT molecular complexity index is 654. The molecule has 0 atom stereocenters. The molecule has 2 nitrogen and oxygen atoms in total. The number of hydrogen-bond donors (Lipinski definition) is 0. The molecule has 2 aromatic rings. The Kier molecular flexibility index (Phi) is 4.65. The van der Waals surface area contributed by atoms with Gasteiger partial charge in [-0.2, -0.15) is 0 Å². The van der Waals surface area contributed by atoms with Gasteiger partial charge in [0.1, 0.15) is 5.75 Å². The van der Waals surface area contributed by atoms with E-state index < -0.39 is 0 Å². The molecule has 0 aliphatic heterocycles. The van der Waals surface area contributed by atoms with E-state index in [4.69, 9.17) is 4.74 Å². The lowest BCUT2D eigenvalue weighted by Gasteiger charge is -2.25. The molecule has 0 saturated carbocycles. The van der Waals surface area contributed by atoms with Crippen LogP contribution in [0, 0.1) is 0 Å². The maximum absolute atomic E-state index is 12.3. The summed E-state index contributed by atoms with van der Waals surface area (Å²) < 4.78 is 5.63. The number of esters is 1. The molecule has 0 unspecified atom stereocenters. The lowest BCUT2D eigenvalue weighted by Crippen LogP contribution is -2.17. The third-order valence-electron chi connectivity index (χ3n) is 3.86. The van der Waals surface area contributed by atoms with Crippen LogP contribution in [0.4, 0.5) is 0 Å². The molecule has 0 bridgehead atoms. The second-order valence-electron chi connectivity index (χ2n) is 8.00. The summed E-state index contributed by atoms with van der Waals surface area (Å²) >= 11 is 0. The van der Waals surface area contributed by atoms with Crippen LogP contribution in [0.2, 0.25) is 0 Å². The van der Waals surface area contributed by atoms with Crippen molar-refractivity contribution in [1.82, 2.24) is 0 Å².